The Hall–Kier alpha value is 0.270. The lowest BCUT2D eigenvalue weighted by molar-refractivity contribution is -0.0379. The third-order valence-electron chi connectivity index (χ3n) is 2.23. The first-order valence-corrected chi connectivity index (χ1v) is 5.40. The van der Waals surface area contributed by atoms with Crippen LogP contribution < -0.4 is 5.73 Å². The first-order valence-electron chi connectivity index (χ1n) is 4.25. The van der Waals surface area contributed by atoms with E-state index in [2.05, 4.69) is 0 Å². The monoisotopic (exact) mass is 175 g/mol. The standard InChI is InChI=1S/C8H17NOS/c1-2-10-8(7-9)3-5-11-6-4-8/h2-7,9H2,1H3. The van der Waals surface area contributed by atoms with Gasteiger partial charge >= 0.3 is 0 Å². The Bertz CT molecular complexity index is 107. The van der Waals surface area contributed by atoms with Crippen LogP contribution in [0.2, 0.25) is 0 Å². The summed E-state index contributed by atoms with van der Waals surface area (Å²) in [5.74, 6) is 2.41. The molecular weight excluding hydrogens is 158 g/mol. The van der Waals surface area contributed by atoms with Crippen molar-refractivity contribution in [3.05, 3.63) is 0 Å². The maximum Gasteiger partial charge on any atom is 0.0819 e. The summed E-state index contributed by atoms with van der Waals surface area (Å²) in [5.41, 5.74) is 5.72. The first-order chi connectivity index (χ1) is 5.33. The number of rotatable bonds is 3. The van der Waals surface area contributed by atoms with Crippen LogP contribution in [-0.2, 0) is 4.74 Å². The zero-order chi connectivity index (χ0) is 8.16. The molecule has 1 aliphatic heterocycles. The van der Waals surface area contributed by atoms with E-state index in [1.807, 2.05) is 18.7 Å². The fraction of sp³-hybridized carbons (Fsp3) is 1.00. The van der Waals surface area contributed by atoms with Crippen molar-refractivity contribution in [3.63, 3.8) is 0 Å². The number of hydrogen-bond donors (Lipinski definition) is 1. The first kappa shape index (κ1) is 9.36. The molecule has 3 heteroatoms. The summed E-state index contributed by atoms with van der Waals surface area (Å²) in [6.45, 7) is 3.52. The lowest BCUT2D eigenvalue weighted by Crippen LogP contribution is -2.43. The third kappa shape index (κ3) is 2.36. The van der Waals surface area contributed by atoms with E-state index in [-0.39, 0.29) is 5.60 Å². The van der Waals surface area contributed by atoms with Crippen LogP contribution in [0.3, 0.4) is 0 Å². The van der Waals surface area contributed by atoms with E-state index in [1.165, 1.54) is 11.5 Å². The fourth-order valence-electron chi connectivity index (χ4n) is 1.46. The zero-order valence-electron chi connectivity index (χ0n) is 7.14. The van der Waals surface area contributed by atoms with Crippen LogP contribution in [-0.4, -0.2) is 30.3 Å². The summed E-state index contributed by atoms with van der Waals surface area (Å²) in [7, 11) is 0. The van der Waals surface area contributed by atoms with Gasteiger partial charge in [0.1, 0.15) is 0 Å². The van der Waals surface area contributed by atoms with Crippen molar-refractivity contribution < 1.29 is 4.74 Å². The van der Waals surface area contributed by atoms with Gasteiger partial charge in [-0.1, -0.05) is 0 Å². The summed E-state index contributed by atoms with van der Waals surface area (Å²) in [4.78, 5) is 0. The van der Waals surface area contributed by atoms with Crippen LogP contribution in [0.15, 0.2) is 0 Å². The molecule has 0 aromatic carbocycles. The topological polar surface area (TPSA) is 35.2 Å². The average molecular weight is 175 g/mol. The molecule has 0 aliphatic carbocycles. The molecule has 2 nitrogen and oxygen atoms in total. The SMILES string of the molecule is CCOC1(CN)CCSCC1. The van der Waals surface area contributed by atoms with Gasteiger partial charge in [-0.2, -0.15) is 11.8 Å². The molecule has 0 atom stereocenters. The predicted octanol–water partition coefficient (Wildman–Crippen LogP) is 1.25. The van der Waals surface area contributed by atoms with Gasteiger partial charge in [-0.3, -0.25) is 0 Å². The van der Waals surface area contributed by atoms with Crippen LogP contribution in [0.5, 0.6) is 0 Å². The molecule has 0 bridgehead atoms. The highest BCUT2D eigenvalue weighted by molar-refractivity contribution is 7.99. The van der Waals surface area contributed by atoms with E-state index in [0.717, 1.165) is 19.4 Å². The number of hydrogen-bond acceptors (Lipinski definition) is 3. The predicted molar refractivity (Wildman–Crippen MR) is 50.0 cm³/mol. The summed E-state index contributed by atoms with van der Waals surface area (Å²) >= 11 is 2.00. The Labute approximate surface area is 72.9 Å². The van der Waals surface area contributed by atoms with Gasteiger partial charge in [0.25, 0.3) is 0 Å². The highest BCUT2D eigenvalue weighted by Crippen LogP contribution is 2.29. The normalized spacial score (nSPS) is 23.5. The lowest BCUT2D eigenvalue weighted by atomic mass is 9.97. The molecule has 2 N–H and O–H groups in total. The van der Waals surface area contributed by atoms with E-state index in [0.29, 0.717) is 6.54 Å². The smallest absolute Gasteiger partial charge is 0.0819 e. The minimum Gasteiger partial charge on any atom is -0.374 e. The number of thioether (sulfide) groups is 1. The van der Waals surface area contributed by atoms with E-state index >= 15 is 0 Å². The fourth-order valence-corrected chi connectivity index (χ4v) is 2.69. The van der Waals surface area contributed by atoms with E-state index in [9.17, 15) is 0 Å². The molecule has 0 saturated carbocycles. The molecule has 1 aliphatic rings. The van der Waals surface area contributed by atoms with Crippen molar-refractivity contribution in [2.45, 2.75) is 25.4 Å². The Morgan fingerprint density at radius 2 is 2.09 bits per heavy atom. The lowest BCUT2D eigenvalue weighted by Gasteiger charge is -2.35. The molecular formula is C8H17NOS. The van der Waals surface area contributed by atoms with E-state index < -0.39 is 0 Å². The van der Waals surface area contributed by atoms with Crippen molar-refractivity contribution >= 4 is 11.8 Å². The van der Waals surface area contributed by atoms with Crippen molar-refractivity contribution in [2.24, 2.45) is 5.73 Å². The largest absolute Gasteiger partial charge is 0.374 e. The maximum absolute atomic E-state index is 5.69. The average Bonchev–Trinajstić information content (AvgIpc) is 2.07. The Kier molecular flexibility index (Phi) is 3.69. The van der Waals surface area contributed by atoms with Crippen molar-refractivity contribution in [2.75, 3.05) is 24.7 Å². The maximum atomic E-state index is 5.69. The molecule has 1 fully saturated rings. The van der Waals surface area contributed by atoms with Gasteiger partial charge in [0.2, 0.25) is 0 Å². The summed E-state index contributed by atoms with van der Waals surface area (Å²) in [6.07, 6.45) is 2.25. The van der Waals surface area contributed by atoms with Crippen LogP contribution in [0.25, 0.3) is 0 Å². The molecule has 11 heavy (non-hydrogen) atoms. The number of ether oxygens (including phenoxy) is 1. The van der Waals surface area contributed by atoms with E-state index in [1.54, 1.807) is 0 Å². The Morgan fingerprint density at radius 1 is 1.45 bits per heavy atom. The van der Waals surface area contributed by atoms with Gasteiger partial charge in [-0.15, -0.1) is 0 Å². The van der Waals surface area contributed by atoms with Gasteiger partial charge < -0.3 is 10.5 Å². The van der Waals surface area contributed by atoms with Gasteiger partial charge in [-0.25, -0.2) is 0 Å². The minimum absolute atomic E-state index is 0.0278. The van der Waals surface area contributed by atoms with Crippen LogP contribution in [0, 0.1) is 0 Å². The molecule has 0 spiro atoms. The molecule has 1 saturated heterocycles. The summed E-state index contributed by atoms with van der Waals surface area (Å²) in [5, 5.41) is 0. The molecule has 0 aromatic rings. The zero-order valence-corrected chi connectivity index (χ0v) is 7.95. The Morgan fingerprint density at radius 3 is 2.55 bits per heavy atom. The van der Waals surface area contributed by atoms with Gasteiger partial charge in [-0.05, 0) is 31.3 Å². The highest BCUT2D eigenvalue weighted by atomic mass is 32.2. The molecule has 0 unspecified atom stereocenters. The summed E-state index contributed by atoms with van der Waals surface area (Å²) < 4.78 is 5.68. The van der Waals surface area contributed by atoms with Crippen molar-refractivity contribution in [3.8, 4) is 0 Å². The molecule has 0 amide bonds. The van der Waals surface area contributed by atoms with E-state index in [4.69, 9.17) is 10.5 Å². The molecule has 0 radical (unpaired) electrons. The van der Waals surface area contributed by atoms with Gasteiger partial charge in [0, 0.05) is 13.2 Å². The third-order valence-corrected chi connectivity index (χ3v) is 3.21. The second kappa shape index (κ2) is 4.33. The van der Waals surface area contributed by atoms with Gasteiger partial charge in [0.05, 0.1) is 5.60 Å². The molecule has 1 heterocycles. The summed E-state index contributed by atoms with van der Waals surface area (Å²) in [6, 6.07) is 0. The van der Waals surface area contributed by atoms with Gasteiger partial charge in [0.15, 0.2) is 0 Å². The molecule has 0 aromatic heterocycles. The number of nitrogens with two attached hydrogens (primary N) is 1. The molecule has 66 valence electrons. The highest BCUT2D eigenvalue weighted by Gasteiger charge is 2.30. The quantitative estimate of drug-likeness (QED) is 0.701. The van der Waals surface area contributed by atoms with Crippen molar-refractivity contribution in [1.82, 2.24) is 0 Å². The second-order valence-corrected chi connectivity index (χ2v) is 4.16. The van der Waals surface area contributed by atoms with Crippen LogP contribution in [0.1, 0.15) is 19.8 Å². The minimum atomic E-state index is 0.0278. The Balaban J connectivity index is 2.42. The molecule has 1 rings (SSSR count). The second-order valence-electron chi connectivity index (χ2n) is 2.93. The van der Waals surface area contributed by atoms with Crippen LogP contribution >= 0.6 is 11.8 Å². The van der Waals surface area contributed by atoms with Crippen LogP contribution in [0.4, 0.5) is 0 Å². The van der Waals surface area contributed by atoms with Crippen molar-refractivity contribution in [1.29, 1.82) is 0 Å².